The van der Waals surface area contributed by atoms with E-state index in [1.807, 2.05) is 5.38 Å². The summed E-state index contributed by atoms with van der Waals surface area (Å²) in [6.07, 6.45) is -7.27. The summed E-state index contributed by atoms with van der Waals surface area (Å²) in [6, 6.07) is 1.78. The first-order valence-corrected chi connectivity index (χ1v) is 5.93. The number of aliphatic hydroxyl groups is 1. The number of alkyl halides is 3. The molecule has 0 saturated carbocycles. The molecule has 0 fully saturated rings. The van der Waals surface area contributed by atoms with E-state index in [1.165, 1.54) is 11.3 Å². The Morgan fingerprint density at radius 3 is 2.83 bits per heavy atom. The van der Waals surface area contributed by atoms with Gasteiger partial charge in [0.15, 0.2) is 0 Å². The van der Waals surface area contributed by atoms with Crippen LogP contribution in [-0.2, 0) is 6.54 Å². The van der Waals surface area contributed by atoms with Crippen LogP contribution in [0.3, 0.4) is 0 Å². The second-order valence-corrected chi connectivity index (χ2v) is 4.43. The topological polar surface area (TPSA) is 63.8 Å². The SMILES string of the molecule is O[C@H](Cn1nnc(-c2ccsc2)n1)CC(F)(F)F. The third-order valence-electron chi connectivity index (χ3n) is 2.07. The number of halogens is 3. The molecule has 0 aliphatic carbocycles. The van der Waals surface area contributed by atoms with Gasteiger partial charge in [0.1, 0.15) is 0 Å². The number of aromatic nitrogens is 4. The van der Waals surface area contributed by atoms with E-state index >= 15 is 0 Å². The highest BCUT2D eigenvalue weighted by atomic mass is 32.1. The number of nitrogens with zero attached hydrogens (tertiary/aromatic N) is 4. The maximum absolute atomic E-state index is 12.0. The minimum Gasteiger partial charge on any atom is -0.391 e. The first-order valence-electron chi connectivity index (χ1n) is 4.99. The van der Waals surface area contributed by atoms with E-state index < -0.39 is 18.7 Å². The molecule has 18 heavy (non-hydrogen) atoms. The Morgan fingerprint density at radius 2 is 2.22 bits per heavy atom. The Kier molecular flexibility index (Phi) is 3.62. The van der Waals surface area contributed by atoms with Crippen molar-refractivity contribution in [2.45, 2.75) is 25.2 Å². The van der Waals surface area contributed by atoms with Gasteiger partial charge < -0.3 is 5.11 Å². The second kappa shape index (κ2) is 5.02. The monoisotopic (exact) mass is 278 g/mol. The highest BCUT2D eigenvalue weighted by molar-refractivity contribution is 7.08. The molecule has 0 unspecified atom stereocenters. The van der Waals surface area contributed by atoms with Gasteiger partial charge in [-0.05, 0) is 16.7 Å². The number of thiophene rings is 1. The summed E-state index contributed by atoms with van der Waals surface area (Å²) in [5, 5.41) is 24.1. The highest BCUT2D eigenvalue weighted by Crippen LogP contribution is 2.22. The lowest BCUT2D eigenvalue weighted by molar-refractivity contribution is -0.155. The van der Waals surface area contributed by atoms with Crippen molar-refractivity contribution in [2.75, 3.05) is 0 Å². The molecule has 98 valence electrons. The summed E-state index contributed by atoms with van der Waals surface area (Å²) in [4.78, 5) is 0.962. The van der Waals surface area contributed by atoms with E-state index in [2.05, 4.69) is 15.4 Å². The molecule has 0 bridgehead atoms. The van der Waals surface area contributed by atoms with Gasteiger partial charge >= 0.3 is 6.18 Å². The molecule has 2 rings (SSSR count). The van der Waals surface area contributed by atoms with Gasteiger partial charge in [-0.15, -0.1) is 10.2 Å². The van der Waals surface area contributed by atoms with Gasteiger partial charge in [0.05, 0.1) is 19.1 Å². The van der Waals surface area contributed by atoms with E-state index in [-0.39, 0.29) is 6.54 Å². The number of tetrazole rings is 1. The minimum absolute atomic E-state index is 0.329. The maximum Gasteiger partial charge on any atom is 0.391 e. The number of hydrogen-bond acceptors (Lipinski definition) is 5. The molecule has 0 amide bonds. The fourth-order valence-corrected chi connectivity index (χ4v) is 1.98. The van der Waals surface area contributed by atoms with Gasteiger partial charge in [-0.2, -0.15) is 29.3 Å². The first-order chi connectivity index (χ1) is 8.44. The lowest BCUT2D eigenvalue weighted by atomic mass is 10.2. The predicted octanol–water partition coefficient (Wildman–Crippen LogP) is 1.71. The normalized spacial score (nSPS) is 13.8. The quantitative estimate of drug-likeness (QED) is 0.924. The van der Waals surface area contributed by atoms with Gasteiger partial charge in [0, 0.05) is 10.9 Å². The Hall–Kier alpha value is -1.48. The third-order valence-corrected chi connectivity index (χ3v) is 2.76. The number of aliphatic hydroxyl groups excluding tert-OH is 1. The van der Waals surface area contributed by atoms with Crippen LogP contribution in [0.5, 0.6) is 0 Å². The zero-order chi connectivity index (χ0) is 13.2. The van der Waals surface area contributed by atoms with Gasteiger partial charge in [-0.25, -0.2) is 0 Å². The molecule has 9 heteroatoms. The fourth-order valence-electron chi connectivity index (χ4n) is 1.35. The molecule has 2 heterocycles. The van der Waals surface area contributed by atoms with Crippen LogP contribution in [0.25, 0.3) is 11.4 Å². The van der Waals surface area contributed by atoms with Crippen LogP contribution in [0, 0.1) is 0 Å². The zero-order valence-corrected chi connectivity index (χ0v) is 9.82. The fraction of sp³-hybridized carbons (Fsp3) is 0.444. The van der Waals surface area contributed by atoms with Crippen molar-refractivity contribution in [3.63, 3.8) is 0 Å². The maximum atomic E-state index is 12.0. The van der Waals surface area contributed by atoms with Gasteiger partial charge in [0.2, 0.25) is 5.82 Å². The van der Waals surface area contributed by atoms with Crippen molar-refractivity contribution in [1.82, 2.24) is 20.2 Å². The average Bonchev–Trinajstić information content (AvgIpc) is 2.82. The second-order valence-electron chi connectivity index (χ2n) is 3.65. The number of hydrogen-bond donors (Lipinski definition) is 1. The van der Waals surface area contributed by atoms with Gasteiger partial charge in [-0.3, -0.25) is 0 Å². The molecular weight excluding hydrogens is 269 g/mol. The summed E-state index contributed by atoms with van der Waals surface area (Å²) in [5.74, 6) is 0.329. The first kappa shape index (κ1) is 13.0. The lowest BCUT2D eigenvalue weighted by Gasteiger charge is -2.11. The molecule has 0 spiro atoms. The molecule has 0 radical (unpaired) electrons. The molecule has 2 aromatic heterocycles. The van der Waals surface area contributed by atoms with E-state index in [0.717, 1.165) is 10.4 Å². The lowest BCUT2D eigenvalue weighted by Crippen LogP contribution is -2.25. The van der Waals surface area contributed by atoms with E-state index in [9.17, 15) is 18.3 Å². The molecular formula is C9H9F3N4OS. The van der Waals surface area contributed by atoms with Gasteiger partial charge in [-0.1, -0.05) is 0 Å². The summed E-state index contributed by atoms with van der Waals surface area (Å²) in [5.41, 5.74) is 0.747. The van der Waals surface area contributed by atoms with Crippen LogP contribution in [0.1, 0.15) is 6.42 Å². The Morgan fingerprint density at radius 1 is 1.44 bits per heavy atom. The molecule has 1 atom stereocenters. The zero-order valence-electron chi connectivity index (χ0n) is 9.00. The largest absolute Gasteiger partial charge is 0.391 e. The van der Waals surface area contributed by atoms with Gasteiger partial charge in [0.25, 0.3) is 0 Å². The summed E-state index contributed by atoms with van der Waals surface area (Å²) in [6.45, 7) is -0.337. The molecule has 1 N–H and O–H groups in total. The van der Waals surface area contributed by atoms with Crippen molar-refractivity contribution >= 4 is 11.3 Å². The Labute approximate surface area is 104 Å². The molecule has 2 aromatic rings. The standard InChI is InChI=1S/C9H9F3N4OS/c10-9(11,12)3-7(17)4-16-14-8(13-15-16)6-1-2-18-5-6/h1-2,5,7,17H,3-4H2/t7-/m0/s1. The van der Waals surface area contributed by atoms with Crippen molar-refractivity contribution in [3.05, 3.63) is 16.8 Å². The van der Waals surface area contributed by atoms with Crippen molar-refractivity contribution in [2.24, 2.45) is 0 Å². The summed E-state index contributed by atoms with van der Waals surface area (Å²) >= 11 is 1.45. The van der Waals surface area contributed by atoms with Crippen LogP contribution in [0.4, 0.5) is 13.2 Å². The number of rotatable bonds is 4. The summed E-state index contributed by atoms with van der Waals surface area (Å²) < 4.78 is 36.0. The van der Waals surface area contributed by atoms with Crippen molar-refractivity contribution in [1.29, 1.82) is 0 Å². The minimum atomic E-state index is -4.41. The van der Waals surface area contributed by atoms with Crippen molar-refractivity contribution in [3.8, 4) is 11.4 Å². The Balaban J connectivity index is 1.99. The average molecular weight is 278 g/mol. The van der Waals surface area contributed by atoms with Crippen LogP contribution in [-0.4, -0.2) is 37.6 Å². The van der Waals surface area contributed by atoms with E-state index in [0.29, 0.717) is 5.82 Å². The van der Waals surface area contributed by atoms with Crippen LogP contribution >= 0.6 is 11.3 Å². The smallest absolute Gasteiger partial charge is 0.391 e. The van der Waals surface area contributed by atoms with E-state index in [1.54, 1.807) is 11.4 Å². The van der Waals surface area contributed by atoms with Crippen LogP contribution in [0.15, 0.2) is 16.8 Å². The van der Waals surface area contributed by atoms with Crippen molar-refractivity contribution < 1.29 is 18.3 Å². The Bertz CT molecular complexity index is 496. The molecule has 0 aromatic carbocycles. The molecule has 5 nitrogen and oxygen atoms in total. The van der Waals surface area contributed by atoms with Crippen LogP contribution in [0.2, 0.25) is 0 Å². The van der Waals surface area contributed by atoms with E-state index in [4.69, 9.17) is 0 Å². The summed E-state index contributed by atoms with van der Waals surface area (Å²) in [7, 11) is 0. The highest BCUT2D eigenvalue weighted by Gasteiger charge is 2.31. The molecule has 0 aliphatic heterocycles. The molecule has 0 saturated heterocycles. The van der Waals surface area contributed by atoms with Crippen LogP contribution < -0.4 is 0 Å². The third kappa shape index (κ3) is 3.50. The molecule has 0 aliphatic rings. The predicted molar refractivity (Wildman–Crippen MR) is 57.8 cm³/mol.